The Balaban J connectivity index is 1.31. The Morgan fingerprint density at radius 1 is 0.775 bits per heavy atom. The maximum atomic E-state index is 9.30. The molecule has 1 unspecified atom stereocenters. The number of benzene rings is 1. The lowest BCUT2D eigenvalue weighted by atomic mass is 10.1. The summed E-state index contributed by atoms with van der Waals surface area (Å²) in [5.41, 5.74) is 0.757. The van der Waals surface area contributed by atoms with Gasteiger partial charge < -0.3 is 4.74 Å². The van der Waals surface area contributed by atoms with Crippen LogP contribution in [-0.2, 0) is 0 Å². The van der Waals surface area contributed by atoms with Gasteiger partial charge in [-0.15, -0.1) is 47.0 Å². The van der Waals surface area contributed by atoms with Gasteiger partial charge in [0.15, 0.2) is 0 Å². The van der Waals surface area contributed by atoms with E-state index in [-0.39, 0.29) is 0 Å². The minimum Gasteiger partial charge on any atom is -0.492 e. The normalized spacial score (nSPS) is 18.8. The summed E-state index contributed by atoms with van der Waals surface area (Å²) >= 11 is 16.0. The zero-order valence-corrected chi connectivity index (χ0v) is 29.4. The Morgan fingerprint density at radius 3 is 2.02 bits per heavy atom. The number of nitrogens with zero attached hydrogens (tertiary/aromatic N) is 2. The highest BCUT2D eigenvalue weighted by atomic mass is 32.3. The van der Waals surface area contributed by atoms with Crippen LogP contribution in [0.15, 0.2) is 43.6 Å². The first kappa shape index (κ1) is 32.9. The highest BCUT2D eigenvalue weighted by Crippen LogP contribution is 2.67. The molecule has 40 heavy (non-hydrogen) atoms. The van der Waals surface area contributed by atoms with Crippen LogP contribution in [0.3, 0.4) is 0 Å². The van der Waals surface area contributed by atoms with Crippen molar-refractivity contribution < 1.29 is 4.74 Å². The molecule has 214 valence electrons. The van der Waals surface area contributed by atoms with Gasteiger partial charge in [0.05, 0.1) is 41.8 Å². The number of unbranched alkanes of at least 4 members (excludes halogenated alkanes) is 6. The Hall–Kier alpha value is 0.0200. The number of thioether (sulfide) groups is 8. The second-order valence-electron chi connectivity index (χ2n) is 9.24. The third-order valence-electron chi connectivity index (χ3n) is 6.05. The molecule has 0 amide bonds. The molecule has 3 nitrogen and oxygen atoms in total. The van der Waals surface area contributed by atoms with Gasteiger partial charge in [0.2, 0.25) is 0 Å². The highest BCUT2D eigenvalue weighted by Gasteiger charge is 2.34. The van der Waals surface area contributed by atoms with E-state index in [2.05, 4.69) is 49.5 Å². The molecule has 0 aromatic heterocycles. The maximum absolute atomic E-state index is 9.30. The lowest BCUT2D eigenvalue weighted by molar-refractivity contribution is 0.323. The van der Waals surface area contributed by atoms with Crippen molar-refractivity contribution in [3.63, 3.8) is 0 Å². The first-order chi connectivity index (χ1) is 19.6. The Morgan fingerprint density at radius 2 is 1.40 bits per heavy atom. The van der Waals surface area contributed by atoms with E-state index < -0.39 is 0 Å². The molecular formula is C29H34N2OS8. The molecule has 11 heteroatoms. The van der Waals surface area contributed by atoms with Crippen molar-refractivity contribution in [2.24, 2.45) is 0 Å². The van der Waals surface area contributed by atoms with Crippen LogP contribution in [0.5, 0.6) is 5.75 Å². The summed E-state index contributed by atoms with van der Waals surface area (Å²) in [4.78, 5) is 0. The molecule has 0 saturated carbocycles. The van der Waals surface area contributed by atoms with Crippen molar-refractivity contribution in [3.8, 4) is 17.9 Å². The quantitative estimate of drug-likeness (QED) is 0.166. The van der Waals surface area contributed by atoms with Crippen molar-refractivity contribution in [2.75, 3.05) is 23.9 Å². The molecule has 3 heterocycles. The molecule has 1 atom stereocenters. The van der Waals surface area contributed by atoms with Gasteiger partial charge in [-0.05, 0) is 42.5 Å². The van der Waals surface area contributed by atoms with Gasteiger partial charge in [-0.3, -0.25) is 0 Å². The summed E-state index contributed by atoms with van der Waals surface area (Å²) in [5, 5.41) is 18.8. The van der Waals surface area contributed by atoms with E-state index in [4.69, 9.17) is 10.00 Å². The van der Waals surface area contributed by atoms with Gasteiger partial charge in [-0.2, -0.15) is 10.5 Å². The molecule has 0 spiro atoms. The predicted octanol–water partition coefficient (Wildman–Crippen LogP) is 11.6. The molecular weight excluding hydrogens is 649 g/mol. The zero-order valence-electron chi connectivity index (χ0n) is 22.9. The van der Waals surface area contributed by atoms with Gasteiger partial charge in [-0.25, -0.2) is 0 Å². The minimum atomic E-state index is 0.355. The van der Waals surface area contributed by atoms with Crippen LogP contribution in [0.25, 0.3) is 0 Å². The van der Waals surface area contributed by atoms with Gasteiger partial charge in [0, 0.05) is 5.75 Å². The Bertz CT molecular complexity index is 1190. The standard InChI is InChI=1S/C29H34N2OS8/c1-3-5-7-9-13-33-24-25(34-14-10-8-6-4-2)38-28(37-24)29-39-26-27(40-29)36-23(19-35-26)18-32-22-12-11-20(16-30)21(15-22)17-31/h11-12,15,23H,3-10,13-14,18-19H2,1-2H3. The SMILES string of the molecule is CCCCCCSC1=C(SCCCCCC)SC(=C2SC3=C(S2)SC(COc2ccc(C#N)c(C#N)c2)CS3)S1. The molecule has 4 rings (SSSR count). The van der Waals surface area contributed by atoms with Crippen molar-refractivity contribution in [2.45, 2.75) is 70.5 Å². The molecule has 0 bridgehead atoms. The molecule has 0 N–H and O–H groups in total. The van der Waals surface area contributed by atoms with Gasteiger partial charge in [0.1, 0.15) is 24.5 Å². The van der Waals surface area contributed by atoms with Crippen molar-refractivity contribution in [1.29, 1.82) is 10.5 Å². The fourth-order valence-electron chi connectivity index (χ4n) is 3.86. The van der Waals surface area contributed by atoms with E-state index in [1.165, 1.54) is 88.3 Å². The summed E-state index contributed by atoms with van der Waals surface area (Å²) in [7, 11) is 0. The average Bonchev–Trinajstić information content (AvgIpc) is 3.59. The Kier molecular flexibility index (Phi) is 14.8. The van der Waals surface area contributed by atoms with Crippen LogP contribution in [0.4, 0.5) is 0 Å². The van der Waals surface area contributed by atoms with Crippen molar-refractivity contribution in [1.82, 2.24) is 0 Å². The van der Waals surface area contributed by atoms with Crippen LogP contribution in [0.2, 0.25) is 0 Å². The summed E-state index contributed by atoms with van der Waals surface area (Å²) in [6.07, 6.45) is 10.6. The summed E-state index contributed by atoms with van der Waals surface area (Å²) in [6, 6.07) is 9.28. The first-order valence-corrected chi connectivity index (χ1v) is 20.8. The largest absolute Gasteiger partial charge is 0.492 e. The summed E-state index contributed by atoms with van der Waals surface area (Å²) in [5.74, 6) is 4.12. The topological polar surface area (TPSA) is 56.8 Å². The zero-order chi connectivity index (χ0) is 28.2. The second kappa shape index (κ2) is 18.0. The van der Waals surface area contributed by atoms with Gasteiger partial charge in [-0.1, -0.05) is 99.4 Å². The first-order valence-electron chi connectivity index (χ1n) is 13.7. The third-order valence-corrected chi connectivity index (χ3v) is 18.3. The monoisotopic (exact) mass is 682 g/mol. The number of hydrogen-bond donors (Lipinski definition) is 0. The molecule has 0 saturated heterocycles. The number of rotatable bonds is 15. The molecule has 3 aliphatic rings. The highest BCUT2D eigenvalue weighted by molar-refractivity contribution is 8.45. The average molecular weight is 683 g/mol. The van der Waals surface area contributed by atoms with Gasteiger partial charge >= 0.3 is 0 Å². The lowest BCUT2D eigenvalue weighted by Crippen LogP contribution is -2.19. The Labute approximate surface area is 274 Å². The van der Waals surface area contributed by atoms with Gasteiger partial charge in [0.25, 0.3) is 0 Å². The summed E-state index contributed by atoms with van der Waals surface area (Å²) in [6.45, 7) is 5.15. The van der Waals surface area contributed by atoms with Crippen LogP contribution in [0, 0.1) is 22.7 Å². The lowest BCUT2D eigenvalue weighted by Gasteiger charge is -2.21. The smallest absolute Gasteiger partial charge is 0.120 e. The molecule has 1 aromatic carbocycles. The maximum Gasteiger partial charge on any atom is 0.120 e. The fourth-order valence-corrected chi connectivity index (χ4v) is 16.4. The van der Waals surface area contributed by atoms with E-state index in [0.29, 0.717) is 28.7 Å². The van der Waals surface area contributed by atoms with E-state index in [0.717, 1.165) is 5.75 Å². The summed E-state index contributed by atoms with van der Waals surface area (Å²) < 4.78 is 14.9. The number of ether oxygens (including phenoxy) is 1. The van der Waals surface area contributed by atoms with E-state index in [9.17, 15) is 5.26 Å². The van der Waals surface area contributed by atoms with Crippen molar-refractivity contribution >= 4 is 94.1 Å². The van der Waals surface area contributed by atoms with Crippen LogP contribution >= 0.6 is 94.1 Å². The molecule has 3 aliphatic heterocycles. The molecule has 1 aromatic rings. The van der Waals surface area contributed by atoms with E-state index in [1.54, 1.807) is 18.2 Å². The molecule has 0 fully saturated rings. The van der Waals surface area contributed by atoms with E-state index in [1.807, 2.05) is 70.6 Å². The van der Waals surface area contributed by atoms with Crippen LogP contribution in [0.1, 0.15) is 76.3 Å². The number of nitriles is 2. The van der Waals surface area contributed by atoms with Crippen molar-refractivity contribution in [3.05, 3.63) is 54.7 Å². The fraction of sp³-hybridized carbons (Fsp3) is 0.517. The number of hydrogen-bond acceptors (Lipinski definition) is 11. The predicted molar refractivity (Wildman–Crippen MR) is 190 cm³/mol. The minimum absolute atomic E-state index is 0.355. The molecule has 0 aliphatic carbocycles. The van der Waals surface area contributed by atoms with E-state index >= 15 is 0 Å². The molecule has 0 radical (unpaired) electrons. The van der Waals surface area contributed by atoms with Crippen LogP contribution < -0.4 is 4.74 Å². The third kappa shape index (κ3) is 9.77. The second-order valence-corrected chi connectivity index (χ2v) is 19.4. The van der Waals surface area contributed by atoms with Crippen LogP contribution in [-0.4, -0.2) is 29.1 Å².